The molecule has 4 heteroatoms. The maximum Gasteiger partial charge on any atom is 0.128 e. The fourth-order valence-electron chi connectivity index (χ4n) is 4.48. The van der Waals surface area contributed by atoms with Gasteiger partial charge in [0.1, 0.15) is 5.82 Å². The first-order valence-electron chi connectivity index (χ1n) is 8.32. The van der Waals surface area contributed by atoms with E-state index in [4.69, 9.17) is 5.73 Å². The largest absolute Gasteiger partial charge is 0.383 e. The number of aromatic nitrogens is 1. The van der Waals surface area contributed by atoms with Crippen molar-refractivity contribution in [1.82, 2.24) is 15.2 Å². The van der Waals surface area contributed by atoms with Crippen LogP contribution in [0.15, 0.2) is 12.3 Å². The number of pyridine rings is 1. The Morgan fingerprint density at radius 2 is 1.90 bits per heavy atom. The van der Waals surface area contributed by atoms with Gasteiger partial charge in [-0.25, -0.2) is 4.98 Å². The lowest BCUT2D eigenvalue weighted by Crippen LogP contribution is -2.53. The van der Waals surface area contributed by atoms with Crippen LogP contribution in [0.4, 0.5) is 5.82 Å². The third-order valence-corrected chi connectivity index (χ3v) is 5.43. The average molecular weight is 288 g/mol. The lowest BCUT2D eigenvalue weighted by molar-refractivity contribution is 0.0798. The summed E-state index contributed by atoms with van der Waals surface area (Å²) in [5, 5.41) is 3.58. The second-order valence-corrected chi connectivity index (χ2v) is 6.71. The molecule has 1 saturated carbocycles. The van der Waals surface area contributed by atoms with Gasteiger partial charge in [0.2, 0.25) is 0 Å². The summed E-state index contributed by atoms with van der Waals surface area (Å²) < 4.78 is 0. The molecule has 0 spiro atoms. The lowest BCUT2D eigenvalue weighted by Gasteiger charge is -2.45. The molecular formula is C17H28N4. The van der Waals surface area contributed by atoms with Crippen LogP contribution < -0.4 is 11.1 Å². The van der Waals surface area contributed by atoms with Crippen molar-refractivity contribution in [3.8, 4) is 0 Å². The van der Waals surface area contributed by atoms with Gasteiger partial charge in [0.15, 0.2) is 0 Å². The Hall–Kier alpha value is -1.13. The van der Waals surface area contributed by atoms with E-state index in [2.05, 4.69) is 35.2 Å². The summed E-state index contributed by atoms with van der Waals surface area (Å²) in [6, 6.07) is 2.50. The SMILES string of the molecule is CNC(c1cc(C)cnc1N)C1(N2CCCC2)CCCC1. The molecule has 1 aromatic heterocycles. The van der Waals surface area contributed by atoms with E-state index >= 15 is 0 Å². The quantitative estimate of drug-likeness (QED) is 0.894. The van der Waals surface area contributed by atoms with E-state index in [-0.39, 0.29) is 11.6 Å². The standard InChI is InChI=1S/C17H28N4/c1-13-11-14(16(18)20-12-13)15(19-2)17(7-3-4-8-17)21-9-5-6-10-21/h11-12,15,19H,3-10H2,1-2H3,(H2,18,20). The van der Waals surface area contributed by atoms with Crippen LogP contribution in [0.1, 0.15) is 55.7 Å². The third-order valence-electron chi connectivity index (χ3n) is 5.43. The predicted molar refractivity (Wildman–Crippen MR) is 87.2 cm³/mol. The Morgan fingerprint density at radius 3 is 2.52 bits per heavy atom. The molecule has 4 nitrogen and oxygen atoms in total. The summed E-state index contributed by atoms with van der Waals surface area (Å²) in [6.45, 7) is 4.56. The molecule has 0 amide bonds. The van der Waals surface area contributed by atoms with Gasteiger partial charge in [0, 0.05) is 17.3 Å². The number of nitrogen functional groups attached to an aromatic ring is 1. The Balaban J connectivity index is 2.01. The zero-order chi connectivity index (χ0) is 14.9. The molecule has 3 N–H and O–H groups in total. The van der Waals surface area contributed by atoms with E-state index in [1.54, 1.807) is 0 Å². The van der Waals surface area contributed by atoms with Gasteiger partial charge in [0.05, 0.1) is 6.04 Å². The average Bonchev–Trinajstić information content (AvgIpc) is 3.14. The molecule has 21 heavy (non-hydrogen) atoms. The Labute approximate surface area is 128 Å². The van der Waals surface area contributed by atoms with E-state index < -0.39 is 0 Å². The maximum atomic E-state index is 6.22. The van der Waals surface area contributed by atoms with Crippen molar-refractivity contribution in [3.63, 3.8) is 0 Å². The highest BCUT2D eigenvalue weighted by Crippen LogP contribution is 2.46. The summed E-state index contributed by atoms with van der Waals surface area (Å²) in [5.41, 5.74) is 8.83. The number of rotatable bonds is 4. The van der Waals surface area contributed by atoms with Crippen LogP contribution in [0.2, 0.25) is 0 Å². The Bertz CT molecular complexity index is 488. The molecule has 2 aliphatic rings. The molecule has 1 saturated heterocycles. The van der Waals surface area contributed by atoms with E-state index in [0.29, 0.717) is 5.82 Å². The molecular weight excluding hydrogens is 260 g/mol. The number of likely N-dealkylation sites (N-methyl/N-ethyl adjacent to an activating group) is 1. The van der Waals surface area contributed by atoms with Crippen molar-refractivity contribution in [2.24, 2.45) is 0 Å². The summed E-state index contributed by atoms with van der Waals surface area (Å²) in [4.78, 5) is 7.12. The number of hydrogen-bond acceptors (Lipinski definition) is 4. The minimum Gasteiger partial charge on any atom is -0.383 e. The highest BCUT2D eigenvalue weighted by Gasteiger charge is 2.47. The summed E-state index contributed by atoms with van der Waals surface area (Å²) in [6.07, 6.45) is 9.72. The molecule has 0 aromatic carbocycles. The first kappa shape index (κ1) is 14.8. The molecule has 1 aliphatic heterocycles. The maximum absolute atomic E-state index is 6.22. The van der Waals surface area contributed by atoms with Crippen molar-refractivity contribution >= 4 is 5.82 Å². The van der Waals surface area contributed by atoms with Crippen molar-refractivity contribution < 1.29 is 0 Å². The first-order valence-corrected chi connectivity index (χ1v) is 8.32. The van der Waals surface area contributed by atoms with Crippen LogP contribution in [0.25, 0.3) is 0 Å². The second kappa shape index (κ2) is 5.93. The lowest BCUT2D eigenvalue weighted by atomic mass is 9.82. The molecule has 3 rings (SSSR count). The smallest absolute Gasteiger partial charge is 0.128 e. The molecule has 2 fully saturated rings. The van der Waals surface area contributed by atoms with E-state index in [0.717, 1.165) is 0 Å². The minimum atomic E-state index is 0.231. The molecule has 0 radical (unpaired) electrons. The highest BCUT2D eigenvalue weighted by molar-refractivity contribution is 5.45. The van der Waals surface area contributed by atoms with Crippen LogP contribution >= 0.6 is 0 Å². The topological polar surface area (TPSA) is 54.2 Å². The molecule has 1 atom stereocenters. The van der Waals surface area contributed by atoms with Gasteiger partial charge < -0.3 is 11.1 Å². The van der Waals surface area contributed by atoms with Crippen LogP contribution in [0.3, 0.4) is 0 Å². The van der Waals surface area contributed by atoms with Crippen molar-refractivity contribution in [1.29, 1.82) is 0 Å². The zero-order valence-corrected chi connectivity index (χ0v) is 13.4. The number of nitrogens with zero attached hydrogens (tertiary/aromatic N) is 2. The number of hydrogen-bond donors (Lipinski definition) is 2. The minimum absolute atomic E-state index is 0.231. The van der Waals surface area contributed by atoms with E-state index in [1.807, 2.05) is 6.20 Å². The number of nitrogens with one attached hydrogen (secondary N) is 1. The van der Waals surface area contributed by atoms with Crippen LogP contribution in [-0.4, -0.2) is 35.6 Å². The van der Waals surface area contributed by atoms with E-state index in [1.165, 1.54) is 62.7 Å². The van der Waals surface area contributed by atoms with Gasteiger partial charge in [-0.3, -0.25) is 4.90 Å². The number of likely N-dealkylation sites (tertiary alicyclic amines) is 1. The van der Waals surface area contributed by atoms with Crippen molar-refractivity contribution in [2.45, 2.75) is 57.0 Å². The van der Waals surface area contributed by atoms with Gasteiger partial charge >= 0.3 is 0 Å². The van der Waals surface area contributed by atoms with Gasteiger partial charge in [-0.15, -0.1) is 0 Å². The number of aryl methyl sites for hydroxylation is 1. The van der Waals surface area contributed by atoms with Crippen LogP contribution in [0.5, 0.6) is 0 Å². The van der Waals surface area contributed by atoms with Gasteiger partial charge in [0.25, 0.3) is 0 Å². The van der Waals surface area contributed by atoms with E-state index in [9.17, 15) is 0 Å². The van der Waals surface area contributed by atoms with Crippen molar-refractivity contribution in [2.75, 3.05) is 25.9 Å². The molecule has 2 heterocycles. The second-order valence-electron chi connectivity index (χ2n) is 6.71. The summed E-state index contributed by atoms with van der Waals surface area (Å²) >= 11 is 0. The van der Waals surface area contributed by atoms with Crippen LogP contribution in [0, 0.1) is 6.92 Å². The van der Waals surface area contributed by atoms with Gasteiger partial charge in [-0.1, -0.05) is 12.8 Å². The first-order chi connectivity index (χ1) is 10.2. The summed E-state index contributed by atoms with van der Waals surface area (Å²) in [7, 11) is 2.07. The highest BCUT2D eigenvalue weighted by atomic mass is 15.2. The normalized spacial score (nSPS) is 23.5. The fraction of sp³-hybridized carbons (Fsp3) is 0.706. The molecule has 0 bridgehead atoms. The van der Waals surface area contributed by atoms with Crippen molar-refractivity contribution in [3.05, 3.63) is 23.4 Å². The number of anilines is 1. The Morgan fingerprint density at radius 1 is 1.24 bits per heavy atom. The summed E-state index contributed by atoms with van der Waals surface area (Å²) in [5.74, 6) is 0.686. The fourth-order valence-corrected chi connectivity index (χ4v) is 4.48. The molecule has 116 valence electrons. The number of nitrogens with two attached hydrogens (primary N) is 1. The molecule has 1 aromatic rings. The van der Waals surface area contributed by atoms with Crippen LogP contribution in [-0.2, 0) is 0 Å². The molecule has 1 unspecified atom stereocenters. The Kier molecular flexibility index (Phi) is 4.18. The monoisotopic (exact) mass is 288 g/mol. The van der Waals surface area contributed by atoms with Gasteiger partial charge in [-0.2, -0.15) is 0 Å². The predicted octanol–water partition coefficient (Wildman–Crippen LogP) is 2.64. The third kappa shape index (κ3) is 2.55. The zero-order valence-electron chi connectivity index (χ0n) is 13.4. The van der Waals surface area contributed by atoms with Gasteiger partial charge in [-0.05, 0) is 64.4 Å². The molecule has 1 aliphatic carbocycles.